The van der Waals surface area contributed by atoms with Crippen molar-refractivity contribution < 1.29 is 4.52 Å². The second kappa shape index (κ2) is 6.32. The van der Waals surface area contributed by atoms with E-state index >= 15 is 0 Å². The third-order valence-electron chi connectivity index (χ3n) is 3.38. The van der Waals surface area contributed by atoms with Crippen molar-refractivity contribution in [1.29, 1.82) is 0 Å². The van der Waals surface area contributed by atoms with Gasteiger partial charge in [0.05, 0.1) is 6.54 Å². The lowest BCUT2D eigenvalue weighted by molar-refractivity contribution is 0.357. The van der Waals surface area contributed by atoms with E-state index in [9.17, 15) is 0 Å². The molecule has 0 radical (unpaired) electrons. The molecule has 0 amide bonds. The van der Waals surface area contributed by atoms with Gasteiger partial charge in [-0.05, 0) is 50.8 Å². The zero-order valence-corrected chi connectivity index (χ0v) is 13.9. The first-order valence-electron chi connectivity index (χ1n) is 6.60. The lowest BCUT2D eigenvalue weighted by Gasteiger charge is -2.08. The Bertz CT molecular complexity index is 596. The van der Waals surface area contributed by atoms with Gasteiger partial charge in [-0.1, -0.05) is 18.0 Å². The molecule has 0 aromatic carbocycles. The molecule has 1 aliphatic rings. The smallest absolute Gasteiger partial charge is 0.240 e. The Morgan fingerprint density at radius 1 is 1.30 bits per heavy atom. The molecule has 0 bridgehead atoms. The third kappa shape index (κ3) is 3.27. The van der Waals surface area contributed by atoms with Gasteiger partial charge in [-0.15, -0.1) is 0 Å². The summed E-state index contributed by atoms with van der Waals surface area (Å²) >= 11 is 6.83. The summed E-state index contributed by atoms with van der Waals surface area (Å²) in [4.78, 5) is 8.68. The minimum absolute atomic E-state index is 0.507. The number of hydrogen-bond acceptors (Lipinski definition) is 5. The first kappa shape index (κ1) is 14.2. The quantitative estimate of drug-likeness (QED) is 0.846. The molecule has 0 saturated heterocycles. The highest BCUT2D eigenvalue weighted by Crippen LogP contribution is 2.26. The number of pyridine rings is 1. The van der Waals surface area contributed by atoms with Gasteiger partial charge in [-0.2, -0.15) is 4.98 Å². The SMILES string of the molecule is Brc1cnc(-c2noc(CNC3CCCC3)n2)c(Br)c1. The van der Waals surface area contributed by atoms with E-state index in [-0.39, 0.29) is 0 Å². The van der Waals surface area contributed by atoms with E-state index in [4.69, 9.17) is 4.52 Å². The molecule has 0 spiro atoms. The van der Waals surface area contributed by atoms with Crippen molar-refractivity contribution >= 4 is 31.9 Å². The van der Waals surface area contributed by atoms with Crippen LogP contribution in [0.5, 0.6) is 0 Å². The summed E-state index contributed by atoms with van der Waals surface area (Å²) in [5, 5.41) is 7.44. The van der Waals surface area contributed by atoms with Crippen LogP contribution in [-0.4, -0.2) is 21.2 Å². The average Bonchev–Trinajstić information content (AvgIpc) is 3.07. The van der Waals surface area contributed by atoms with Gasteiger partial charge in [0.25, 0.3) is 0 Å². The molecule has 1 saturated carbocycles. The highest BCUT2D eigenvalue weighted by atomic mass is 79.9. The topological polar surface area (TPSA) is 63.8 Å². The molecule has 2 heterocycles. The Kier molecular flexibility index (Phi) is 4.48. The monoisotopic (exact) mass is 400 g/mol. The van der Waals surface area contributed by atoms with Crippen LogP contribution in [0.15, 0.2) is 25.7 Å². The molecule has 1 N–H and O–H groups in total. The molecule has 106 valence electrons. The Balaban J connectivity index is 1.69. The molecule has 20 heavy (non-hydrogen) atoms. The van der Waals surface area contributed by atoms with E-state index in [1.165, 1.54) is 25.7 Å². The molecule has 0 atom stereocenters. The summed E-state index contributed by atoms with van der Waals surface area (Å²) in [7, 11) is 0. The molecule has 3 rings (SSSR count). The van der Waals surface area contributed by atoms with E-state index in [1.54, 1.807) is 6.20 Å². The predicted molar refractivity (Wildman–Crippen MR) is 82.0 cm³/mol. The Labute approximate surface area is 133 Å². The number of halogens is 2. The van der Waals surface area contributed by atoms with Crippen LogP contribution in [0.2, 0.25) is 0 Å². The van der Waals surface area contributed by atoms with E-state index in [0.29, 0.717) is 30.0 Å². The molecule has 2 aromatic rings. The molecular formula is C13H14Br2N4O. The Morgan fingerprint density at radius 3 is 2.85 bits per heavy atom. The first-order chi connectivity index (χ1) is 9.72. The van der Waals surface area contributed by atoms with Crippen LogP contribution in [-0.2, 0) is 6.54 Å². The maximum atomic E-state index is 5.27. The van der Waals surface area contributed by atoms with Crippen LogP contribution in [0.3, 0.4) is 0 Å². The third-order valence-corrected chi connectivity index (χ3v) is 4.42. The van der Waals surface area contributed by atoms with Crippen molar-refractivity contribution in [3.63, 3.8) is 0 Å². The van der Waals surface area contributed by atoms with Crippen LogP contribution >= 0.6 is 31.9 Å². The van der Waals surface area contributed by atoms with Crippen molar-refractivity contribution in [2.24, 2.45) is 0 Å². The molecule has 5 nitrogen and oxygen atoms in total. The standard InChI is InChI=1S/C13H14Br2N4O/c14-8-5-10(15)12(17-6-8)13-18-11(20-19-13)7-16-9-3-1-2-4-9/h5-6,9,16H,1-4,7H2. The minimum atomic E-state index is 0.507. The highest BCUT2D eigenvalue weighted by Gasteiger charge is 2.17. The van der Waals surface area contributed by atoms with Crippen molar-refractivity contribution in [2.75, 3.05) is 0 Å². The lowest BCUT2D eigenvalue weighted by atomic mass is 10.2. The van der Waals surface area contributed by atoms with Gasteiger partial charge >= 0.3 is 0 Å². The fraction of sp³-hybridized carbons (Fsp3) is 0.462. The lowest BCUT2D eigenvalue weighted by Crippen LogP contribution is -2.25. The zero-order chi connectivity index (χ0) is 13.9. The molecule has 1 fully saturated rings. The van der Waals surface area contributed by atoms with E-state index in [0.717, 1.165) is 8.95 Å². The van der Waals surface area contributed by atoms with Gasteiger partial charge in [0.2, 0.25) is 11.7 Å². The Hall–Kier alpha value is -0.790. The summed E-state index contributed by atoms with van der Waals surface area (Å²) < 4.78 is 7.01. The van der Waals surface area contributed by atoms with E-state index < -0.39 is 0 Å². The van der Waals surface area contributed by atoms with E-state index in [1.807, 2.05) is 6.07 Å². The van der Waals surface area contributed by atoms with Crippen LogP contribution < -0.4 is 5.32 Å². The van der Waals surface area contributed by atoms with Gasteiger partial charge in [-0.3, -0.25) is 4.98 Å². The predicted octanol–water partition coefficient (Wildman–Crippen LogP) is 3.69. The van der Waals surface area contributed by atoms with E-state index in [2.05, 4.69) is 52.3 Å². The van der Waals surface area contributed by atoms with Crippen molar-refractivity contribution in [1.82, 2.24) is 20.4 Å². The first-order valence-corrected chi connectivity index (χ1v) is 8.18. The number of rotatable bonds is 4. The summed E-state index contributed by atoms with van der Waals surface area (Å²) in [6.45, 7) is 0.617. The highest BCUT2D eigenvalue weighted by molar-refractivity contribution is 9.11. The normalized spacial score (nSPS) is 15.9. The van der Waals surface area contributed by atoms with Gasteiger partial charge in [0.15, 0.2) is 0 Å². The fourth-order valence-corrected chi connectivity index (χ4v) is 3.53. The van der Waals surface area contributed by atoms with Crippen molar-refractivity contribution in [3.8, 4) is 11.5 Å². The molecule has 2 aromatic heterocycles. The van der Waals surface area contributed by atoms with Crippen molar-refractivity contribution in [3.05, 3.63) is 27.1 Å². The van der Waals surface area contributed by atoms with Gasteiger partial charge in [-0.25, -0.2) is 0 Å². The van der Waals surface area contributed by atoms with Crippen LogP contribution in [0.25, 0.3) is 11.5 Å². The summed E-state index contributed by atoms with van der Waals surface area (Å²) in [6.07, 6.45) is 6.81. The summed E-state index contributed by atoms with van der Waals surface area (Å²) in [6, 6.07) is 2.50. The second-order valence-corrected chi connectivity index (χ2v) is 6.63. The van der Waals surface area contributed by atoms with Gasteiger partial charge < -0.3 is 9.84 Å². The zero-order valence-electron chi connectivity index (χ0n) is 10.8. The number of nitrogens with zero attached hydrogens (tertiary/aromatic N) is 3. The van der Waals surface area contributed by atoms with Gasteiger partial charge in [0, 0.05) is 21.2 Å². The van der Waals surface area contributed by atoms with Crippen LogP contribution in [0, 0.1) is 0 Å². The largest absolute Gasteiger partial charge is 0.337 e. The minimum Gasteiger partial charge on any atom is -0.337 e. The maximum Gasteiger partial charge on any atom is 0.240 e. The number of nitrogens with one attached hydrogen (secondary N) is 1. The maximum absolute atomic E-state index is 5.27. The number of hydrogen-bond donors (Lipinski definition) is 1. The van der Waals surface area contributed by atoms with Crippen LogP contribution in [0.1, 0.15) is 31.6 Å². The van der Waals surface area contributed by atoms with Gasteiger partial charge in [0.1, 0.15) is 5.69 Å². The number of aromatic nitrogens is 3. The summed E-state index contributed by atoms with van der Waals surface area (Å²) in [5.41, 5.74) is 0.684. The molecule has 0 aliphatic heterocycles. The fourth-order valence-electron chi connectivity index (χ4n) is 2.36. The van der Waals surface area contributed by atoms with Crippen molar-refractivity contribution in [2.45, 2.75) is 38.3 Å². The molecule has 0 unspecified atom stereocenters. The molecule has 7 heteroatoms. The Morgan fingerprint density at radius 2 is 2.10 bits per heavy atom. The average molecular weight is 402 g/mol. The van der Waals surface area contributed by atoms with Crippen LogP contribution in [0.4, 0.5) is 0 Å². The summed E-state index contributed by atoms with van der Waals surface area (Å²) in [5.74, 6) is 1.11. The second-order valence-electron chi connectivity index (χ2n) is 4.86. The molecule has 1 aliphatic carbocycles. The molecular weight excluding hydrogens is 388 g/mol.